The SMILES string of the molecule is c1ccc2c(C3(Cn4cncn4)CO3)cccc2c1. The van der Waals surface area contributed by atoms with Gasteiger partial charge in [-0.1, -0.05) is 42.5 Å². The number of fused-ring (bicyclic) bond motifs is 1. The Balaban J connectivity index is 1.82. The molecule has 1 aliphatic rings. The van der Waals surface area contributed by atoms with Crippen LogP contribution in [0.25, 0.3) is 10.8 Å². The number of hydrogen-bond donors (Lipinski definition) is 0. The minimum atomic E-state index is -0.242. The van der Waals surface area contributed by atoms with Gasteiger partial charge in [0.15, 0.2) is 0 Å². The summed E-state index contributed by atoms with van der Waals surface area (Å²) in [6.45, 7) is 1.45. The summed E-state index contributed by atoms with van der Waals surface area (Å²) in [5.74, 6) is 0. The molecule has 4 nitrogen and oxygen atoms in total. The highest BCUT2D eigenvalue weighted by molar-refractivity contribution is 5.86. The monoisotopic (exact) mass is 251 g/mol. The molecule has 94 valence electrons. The first kappa shape index (κ1) is 10.7. The number of benzene rings is 2. The van der Waals surface area contributed by atoms with Crippen LogP contribution in [0.1, 0.15) is 5.56 Å². The van der Waals surface area contributed by atoms with E-state index in [1.807, 2.05) is 4.68 Å². The van der Waals surface area contributed by atoms with Crippen molar-refractivity contribution in [3.63, 3.8) is 0 Å². The molecule has 0 N–H and O–H groups in total. The summed E-state index contributed by atoms with van der Waals surface area (Å²) in [6.07, 6.45) is 3.29. The minimum absolute atomic E-state index is 0.242. The Morgan fingerprint density at radius 3 is 2.79 bits per heavy atom. The zero-order chi connectivity index (χ0) is 12.7. The Morgan fingerprint density at radius 2 is 2.00 bits per heavy atom. The highest BCUT2D eigenvalue weighted by atomic mass is 16.6. The summed E-state index contributed by atoms with van der Waals surface area (Å²) in [6, 6.07) is 14.8. The van der Waals surface area contributed by atoms with Crippen LogP contribution in [-0.4, -0.2) is 21.4 Å². The third-order valence-corrected chi connectivity index (χ3v) is 3.66. The van der Waals surface area contributed by atoms with Gasteiger partial charge in [0.2, 0.25) is 0 Å². The molecule has 2 heterocycles. The van der Waals surface area contributed by atoms with Crippen LogP contribution >= 0.6 is 0 Å². The van der Waals surface area contributed by atoms with Gasteiger partial charge in [-0.05, 0) is 16.3 Å². The van der Waals surface area contributed by atoms with Gasteiger partial charge in [0, 0.05) is 0 Å². The summed E-state index contributed by atoms with van der Waals surface area (Å²) in [5, 5.41) is 6.67. The molecular weight excluding hydrogens is 238 g/mol. The second-order valence-corrected chi connectivity index (χ2v) is 4.90. The van der Waals surface area contributed by atoms with Crippen LogP contribution in [-0.2, 0) is 16.9 Å². The van der Waals surface area contributed by atoms with E-state index in [9.17, 15) is 0 Å². The van der Waals surface area contributed by atoms with Crippen molar-refractivity contribution in [1.82, 2.24) is 14.8 Å². The maximum Gasteiger partial charge on any atom is 0.137 e. The van der Waals surface area contributed by atoms with Gasteiger partial charge >= 0.3 is 0 Å². The maximum absolute atomic E-state index is 5.78. The zero-order valence-electron chi connectivity index (χ0n) is 10.4. The standard InChI is InChI=1S/C15H13N3O/c1-2-6-13-12(4-1)5-3-7-14(13)15(9-19-15)8-18-11-16-10-17-18/h1-7,10-11H,8-9H2. The van der Waals surface area contributed by atoms with Crippen molar-refractivity contribution in [3.8, 4) is 0 Å². The first-order valence-corrected chi connectivity index (χ1v) is 6.32. The first-order valence-electron chi connectivity index (χ1n) is 6.32. The third kappa shape index (κ3) is 1.72. The lowest BCUT2D eigenvalue weighted by Gasteiger charge is -2.14. The largest absolute Gasteiger partial charge is 0.362 e. The molecule has 4 rings (SSSR count). The van der Waals surface area contributed by atoms with E-state index in [0.717, 1.165) is 6.61 Å². The second-order valence-electron chi connectivity index (χ2n) is 4.90. The fourth-order valence-electron chi connectivity index (χ4n) is 2.62. The number of epoxide rings is 1. The predicted molar refractivity (Wildman–Crippen MR) is 71.6 cm³/mol. The van der Waals surface area contributed by atoms with E-state index >= 15 is 0 Å². The topological polar surface area (TPSA) is 43.2 Å². The number of rotatable bonds is 3. The quantitative estimate of drug-likeness (QED) is 0.671. The Bertz CT molecular complexity index is 712. The molecule has 0 aliphatic carbocycles. The Kier molecular flexibility index (Phi) is 2.19. The van der Waals surface area contributed by atoms with Crippen LogP contribution in [0.5, 0.6) is 0 Å². The van der Waals surface area contributed by atoms with Gasteiger partial charge in [-0.3, -0.25) is 0 Å². The number of hydrogen-bond acceptors (Lipinski definition) is 3. The van der Waals surface area contributed by atoms with Crippen LogP contribution < -0.4 is 0 Å². The van der Waals surface area contributed by atoms with E-state index in [0.29, 0.717) is 6.54 Å². The lowest BCUT2D eigenvalue weighted by Crippen LogP contribution is -2.18. The molecule has 3 aromatic rings. The van der Waals surface area contributed by atoms with Crippen molar-refractivity contribution in [1.29, 1.82) is 0 Å². The molecule has 1 fully saturated rings. The maximum atomic E-state index is 5.78. The molecule has 1 saturated heterocycles. The van der Waals surface area contributed by atoms with Gasteiger partial charge in [-0.25, -0.2) is 9.67 Å². The predicted octanol–water partition coefficient (Wildman–Crippen LogP) is 2.36. The van der Waals surface area contributed by atoms with Crippen molar-refractivity contribution in [2.75, 3.05) is 6.61 Å². The fraction of sp³-hybridized carbons (Fsp3) is 0.200. The zero-order valence-corrected chi connectivity index (χ0v) is 10.4. The van der Waals surface area contributed by atoms with Crippen LogP contribution in [0.4, 0.5) is 0 Å². The molecular formula is C15H13N3O. The van der Waals surface area contributed by atoms with Crippen molar-refractivity contribution in [2.45, 2.75) is 12.1 Å². The minimum Gasteiger partial charge on any atom is -0.362 e. The molecule has 0 amide bonds. The summed E-state index contributed by atoms with van der Waals surface area (Å²) in [5.41, 5.74) is 0.996. The van der Waals surface area contributed by atoms with Crippen LogP contribution in [0.15, 0.2) is 55.1 Å². The lowest BCUT2D eigenvalue weighted by atomic mass is 9.94. The Morgan fingerprint density at radius 1 is 1.16 bits per heavy atom. The summed E-state index contributed by atoms with van der Waals surface area (Å²) in [7, 11) is 0. The second kappa shape index (κ2) is 3.90. The van der Waals surface area contributed by atoms with Gasteiger partial charge in [0.1, 0.15) is 18.3 Å². The molecule has 1 aromatic heterocycles. The van der Waals surface area contributed by atoms with Crippen LogP contribution in [0.3, 0.4) is 0 Å². The van der Waals surface area contributed by atoms with Crippen LogP contribution in [0.2, 0.25) is 0 Å². The average molecular weight is 251 g/mol. The molecule has 1 aliphatic heterocycles. The highest BCUT2D eigenvalue weighted by Crippen LogP contribution is 2.43. The fourth-order valence-corrected chi connectivity index (χ4v) is 2.62. The molecule has 4 heteroatoms. The molecule has 0 bridgehead atoms. The lowest BCUT2D eigenvalue weighted by molar-refractivity contribution is 0.270. The van der Waals surface area contributed by atoms with Gasteiger partial charge < -0.3 is 4.74 Å². The molecule has 0 radical (unpaired) electrons. The van der Waals surface area contributed by atoms with Crippen molar-refractivity contribution in [2.24, 2.45) is 0 Å². The summed E-state index contributed by atoms with van der Waals surface area (Å²) < 4.78 is 7.60. The third-order valence-electron chi connectivity index (χ3n) is 3.66. The van der Waals surface area contributed by atoms with E-state index in [2.05, 4.69) is 52.5 Å². The van der Waals surface area contributed by atoms with Crippen molar-refractivity contribution >= 4 is 10.8 Å². The molecule has 0 spiro atoms. The van der Waals surface area contributed by atoms with E-state index < -0.39 is 0 Å². The first-order chi connectivity index (χ1) is 9.37. The van der Waals surface area contributed by atoms with Gasteiger partial charge in [-0.2, -0.15) is 5.10 Å². The Labute approximate surface area is 110 Å². The highest BCUT2D eigenvalue weighted by Gasteiger charge is 2.48. The average Bonchev–Trinajstić information content (AvgIpc) is 3.04. The number of nitrogens with zero attached hydrogens (tertiary/aromatic N) is 3. The molecule has 2 aromatic carbocycles. The van der Waals surface area contributed by atoms with Crippen molar-refractivity contribution in [3.05, 3.63) is 60.7 Å². The molecule has 1 atom stereocenters. The smallest absolute Gasteiger partial charge is 0.137 e. The Hall–Kier alpha value is -2.20. The molecule has 19 heavy (non-hydrogen) atoms. The number of aromatic nitrogens is 3. The van der Waals surface area contributed by atoms with E-state index in [1.54, 1.807) is 12.7 Å². The van der Waals surface area contributed by atoms with Crippen LogP contribution in [0, 0.1) is 0 Å². The molecule has 1 unspecified atom stereocenters. The van der Waals surface area contributed by atoms with Gasteiger partial charge in [-0.15, -0.1) is 0 Å². The summed E-state index contributed by atoms with van der Waals surface area (Å²) >= 11 is 0. The van der Waals surface area contributed by atoms with E-state index in [1.165, 1.54) is 16.3 Å². The number of ether oxygens (including phenoxy) is 1. The normalized spacial score (nSPS) is 21.7. The van der Waals surface area contributed by atoms with Gasteiger partial charge in [0.25, 0.3) is 0 Å². The molecule has 0 saturated carbocycles. The van der Waals surface area contributed by atoms with E-state index in [-0.39, 0.29) is 5.60 Å². The summed E-state index contributed by atoms with van der Waals surface area (Å²) in [4.78, 5) is 3.99. The van der Waals surface area contributed by atoms with Crippen molar-refractivity contribution < 1.29 is 4.74 Å². The van der Waals surface area contributed by atoms with E-state index in [4.69, 9.17) is 4.74 Å². The van der Waals surface area contributed by atoms with Gasteiger partial charge in [0.05, 0.1) is 13.2 Å².